The van der Waals surface area contributed by atoms with Crippen molar-refractivity contribution in [1.29, 1.82) is 0 Å². The quantitative estimate of drug-likeness (QED) is 0.783. The van der Waals surface area contributed by atoms with Gasteiger partial charge in [-0.3, -0.25) is 4.79 Å². The molecule has 0 aromatic heterocycles. The summed E-state index contributed by atoms with van der Waals surface area (Å²) in [5.74, 6) is -3.58. The highest BCUT2D eigenvalue weighted by Crippen LogP contribution is 2.43. The number of hydrogen-bond donors (Lipinski definition) is 0. The Morgan fingerprint density at radius 2 is 2.00 bits per heavy atom. The highest BCUT2D eigenvalue weighted by molar-refractivity contribution is 7.89. The van der Waals surface area contributed by atoms with Crippen LogP contribution in [0.15, 0.2) is 0 Å². The highest BCUT2D eigenvalue weighted by atomic mass is 32.2. The summed E-state index contributed by atoms with van der Waals surface area (Å²) >= 11 is 0. The summed E-state index contributed by atoms with van der Waals surface area (Å²) in [5.41, 5.74) is 0. The lowest BCUT2D eigenvalue weighted by molar-refractivity contribution is -0.124. The average molecular weight is 281 g/mol. The van der Waals surface area contributed by atoms with Gasteiger partial charge in [-0.25, -0.2) is 21.5 Å². The van der Waals surface area contributed by atoms with Gasteiger partial charge in [0.15, 0.2) is 0 Å². The fraction of sp³-hybridized carbons (Fsp3) is 0.909. The number of rotatable bonds is 3. The Bertz CT molecular complexity index is 441. The molecule has 1 aliphatic heterocycles. The van der Waals surface area contributed by atoms with Crippen LogP contribution in [0.4, 0.5) is 8.78 Å². The lowest BCUT2D eigenvalue weighted by atomic mass is 9.83. The lowest BCUT2D eigenvalue weighted by Crippen LogP contribution is -2.47. The van der Waals surface area contributed by atoms with Gasteiger partial charge in [0.05, 0.1) is 5.75 Å². The first-order chi connectivity index (χ1) is 8.20. The first-order valence-corrected chi connectivity index (χ1v) is 7.69. The first kappa shape index (κ1) is 13.9. The number of nitrogens with zero attached hydrogens (tertiary/aromatic N) is 1. The molecule has 18 heavy (non-hydrogen) atoms. The van der Waals surface area contributed by atoms with Crippen LogP contribution >= 0.6 is 0 Å². The van der Waals surface area contributed by atoms with Crippen LogP contribution in [0.1, 0.15) is 26.2 Å². The van der Waals surface area contributed by atoms with Crippen molar-refractivity contribution < 1.29 is 22.0 Å². The van der Waals surface area contributed by atoms with Crippen LogP contribution in [0.2, 0.25) is 0 Å². The van der Waals surface area contributed by atoms with E-state index in [4.69, 9.17) is 0 Å². The lowest BCUT2D eigenvalue weighted by Gasteiger charge is -2.37. The standard InChI is InChI=1S/C11H17F2NO3S/c1-8-6-14(3-2-10(8)15)18(16,17)7-9-4-11(12,13)5-9/h8-9H,2-7H2,1H3. The molecule has 2 fully saturated rings. The summed E-state index contributed by atoms with van der Waals surface area (Å²) in [6.45, 7) is 2.07. The number of alkyl halides is 2. The van der Waals surface area contributed by atoms with Crippen molar-refractivity contribution in [2.75, 3.05) is 18.8 Å². The van der Waals surface area contributed by atoms with Crippen LogP contribution in [0.25, 0.3) is 0 Å². The Hall–Kier alpha value is -0.560. The number of sulfonamides is 1. The van der Waals surface area contributed by atoms with Gasteiger partial charge in [-0.1, -0.05) is 6.92 Å². The van der Waals surface area contributed by atoms with E-state index < -0.39 is 21.9 Å². The van der Waals surface area contributed by atoms with Gasteiger partial charge < -0.3 is 0 Å². The van der Waals surface area contributed by atoms with Gasteiger partial charge in [0, 0.05) is 38.3 Å². The number of Topliss-reactive ketones (excluding diaryl/α,β-unsaturated/α-hetero) is 1. The van der Waals surface area contributed by atoms with Crippen LogP contribution < -0.4 is 0 Å². The van der Waals surface area contributed by atoms with E-state index in [1.165, 1.54) is 4.31 Å². The molecule has 1 saturated carbocycles. The summed E-state index contributed by atoms with van der Waals surface area (Å²) in [4.78, 5) is 11.3. The van der Waals surface area contributed by atoms with E-state index >= 15 is 0 Å². The van der Waals surface area contributed by atoms with Crippen LogP contribution in [-0.2, 0) is 14.8 Å². The monoisotopic (exact) mass is 281 g/mol. The van der Waals surface area contributed by atoms with Crippen molar-refractivity contribution in [3.63, 3.8) is 0 Å². The summed E-state index contributed by atoms with van der Waals surface area (Å²) < 4.78 is 50.6. The summed E-state index contributed by atoms with van der Waals surface area (Å²) in [7, 11) is -3.50. The molecule has 4 nitrogen and oxygen atoms in total. The van der Waals surface area contributed by atoms with Gasteiger partial charge in [-0.05, 0) is 5.92 Å². The molecule has 1 unspecified atom stereocenters. The molecule has 1 heterocycles. The number of hydrogen-bond acceptors (Lipinski definition) is 3. The van der Waals surface area contributed by atoms with Gasteiger partial charge in [0.2, 0.25) is 15.9 Å². The molecule has 104 valence electrons. The summed E-state index contributed by atoms with van der Waals surface area (Å²) in [5, 5.41) is 0. The fourth-order valence-electron chi connectivity index (χ4n) is 2.54. The van der Waals surface area contributed by atoms with Crippen molar-refractivity contribution in [2.24, 2.45) is 11.8 Å². The molecule has 0 bridgehead atoms. The summed E-state index contributed by atoms with van der Waals surface area (Å²) in [6, 6.07) is 0. The van der Waals surface area contributed by atoms with E-state index in [0.717, 1.165) is 0 Å². The van der Waals surface area contributed by atoms with Crippen LogP contribution in [0.5, 0.6) is 0 Å². The smallest absolute Gasteiger partial charge is 0.248 e. The van der Waals surface area contributed by atoms with E-state index in [9.17, 15) is 22.0 Å². The van der Waals surface area contributed by atoms with Crippen LogP contribution in [-0.4, -0.2) is 43.3 Å². The SMILES string of the molecule is CC1CN(S(=O)(=O)CC2CC(F)(F)C2)CCC1=O. The molecule has 1 atom stereocenters. The van der Waals surface area contributed by atoms with Gasteiger partial charge in [0.1, 0.15) is 5.78 Å². The minimum atomic E-state index is -3.50. The van der Waals surface area contributed by atoms with Gasteiger partial charge in [0.25, 0.3) is 0 Å². The molecule has 0 amide bonds. The van der Waals surface area contributed by atoms with Gasteiger partial charge in [-0.15, -0.1) is 0 Å². The van der Waals surface area contributed by atoms with Gasteiger partial charge in [-0.2, -0.15) is 0 Å². The maximum atomic E-state index is 12.7. The third-order valence-corrected chi connectivity index (χ3v) is 5.66. The van der Waals surface area contributed by atoms with Crippen molar-refractivity contribution in [1.82, 2.24) is 4.31 Å². The van der Waals surface area contributed by atoms with E-state index in [-0.39, 0.29) is 49.8 Å². The molecule has 0 spiro atoms. The summed E-state index contributed by atoms with van der Waals surface area (Å²) in [6.07, 6.45) is -0.454. The number of ketones is 1. The van der Waals surface area contributed by atoms with Crippen molar-refractivity contribution >= 4 is 15.8 Å². The number of piperidine rings is 1. The number of carbonyl (C=O) groups excluding carboxylic acids is 1. The third kappa shape index (κ3) is 2.88. The topological polar surface area (TPSA) is 54.5 Å². The van der Waals surface area contributed by atoms with Crippen LogP contribution in [0, 0.1) is 11.8 Å². The predicted molar refractivity (Wildman–Crippen MR) is 61.8 cm³/mol. The first-order valence-electron chi connectivity index (χ1n) is 6.08. The second-order valence-corrected chi connectivity index (χ2v) is 7.40. The molecule has 0 N–H and O–H groups in total. The molecule has 1 saturated heterocycles. The highest BCUT2D eigenvalue weighted by Gasteiger charge is 2.47. The molecule has 0 aromatic carbocycles. The zero-order valence-corrected chi connectivity index (χ0v) is 11.0. The second kappa shape index (κ2) is 4.52. The van der Waals surface area contributed by atoms with Crippen molar-refractivity contribution in [3.05, 3.63) is 0 Å². The maximum Gasteiger partial charge on any atom is 0.248 e. The minimum absolute atomic E-state index is 0.0663. The maximum absolute atomic E-state index is 12.7. The minimum Gasteiger partial charge on any atom is -0.299 e. The van der Waals surface area contributed by atoms with E-state index in [2.05, 4.69) is 0 Å². The van der Waals surface area contributed by atoms with E-state index in [1.807, 2.05) is 0 Å². The normalized spacial score (nSPS) is 30.2. The third-order valence-electron chi connectivity index (χ3n) is 3.65. The molecular weight excluding hydrogens is 264 g/mol. The van der Waals surface area contributed by atoms with Crippen LogP contribution in [0.3, 0.4) is 0 Å². The Balaban J connectivity index is 1.93. The molecule has 1 aliphatic carbocycles. The second-order valence-electron chi connectivity index (χ2n) is 5.38. The molecule has 0 aromatic rings. The van der Waals surface area contributed by atoms with Crippen molar-refractivity contribution in [2.45, 2.75) is 32.1 Å². The Morgan fingerprint density at radius 3 is 2.50 bits per heavy atom. The van der Waals surface area contributed by atoms with E-state index in [0.29, 0.717) is 0 Å². The zero-order valence-electron chi connectivity index (χ0n) is 10.2. The average Bonchev–Trinajstić information content (AvgIpc) is 2.18. The molecule has 7 heteroatoms. The molecule has 0 radical (unpaired) electrons. The molecular formula is C11H17F2NO3S. The molecule has 2 aliphatic rings. The Kier molecular flexibility index (Phi) is 3.48. The number of carbonyl (C=O) groups is 1. The Labute approximate surface area is 105 Å². The van der Waals surface area contributed by atoms with Gasteiger partial charge >= 0.3 is 0 Å². The largest absolute Gasteiger partial charge is 0.299 e. The number of halogens is 2. The predicted octanol–water partition coefficient (Wildman–Crippen LogP) is 1.27. The Morgan fingerprint density at radius 1 is 1.39 bits per heavy atom. The van der Waals surface area contributed by atoms with E-state index in [1.54, 1.807) is 6.92 Å². The van der Waals surface area contributed by atoms with Crippen molar-refractivity contribution in [3.8, 4) is 0 Å². The fourth-order valence-corrected chi connectivity index (χ4v) is 4.40. The molecule has 2 rings (SSSR count). The zero-order chi connectivity index (χ0) is 13.6.